The summed E-state index contributed by atoms with van der Waals surface area (Å²) < 4.78 is 45.4. The Kier molecular flexibility index (Phi) is 8.77. The van der Waals surface area contributed by atoms with Crippen LogP contribution in [0.2, 0.25) is 0 Å². The largest absolute Gasteiger partial charge is 0.493 e. The second-order valence-electron chi connectivity index (χ2n) is 7.10. The maximum atomic E-state index is 13.3. The quantitative estimate of drug-likeness (QED) is 0.483. The lowest BCUT2D eigenvalue weighted by Crippen LogP contribution is -2.35. The maximum absolute atomic E-state index is 13.3. The van der Waals surface area contributed by atoms with E-state index in [0.717, 1.165) is 38.5 Å². The van der Waals surface area contributed by atoms with Gasteiger partial charge in [-0.3, -0.25) is 0 Å². The number of ether oxygens (including phenoxy) is 1. The summed E-state index contributed by atoms with van der Waals surface area (Å²) in [6, 6.07) is 4.37. The Labute approximate surface area is 149 Å². The minimum Gasteiger partial charge on any atom is -0.493 e. The number of hydrogen-bond acceptors (Lipinski definition) is 2. The van der Waals surface area contributed by atoms with E-state index >= 15 is 0 Å². The van der Waals surface area contributed by atoms with E-state index < -0.39 is 11.7 Å². The molecule has 0 amide bonds. The molecule has 0 radical (unpaired) electrons. The molecule has 2 N–H and O–H groups in total. The zero-order chi connectivity index (χ0) is 18.9. The molecule has 0 saturated heterocycles. The Hall–Kier alpha value is -1.23. The van der Waals surface area contributed by atoms with Gasteiger partial charge >= 0.3 is 6.18 Å². The first-order valence-electron chi connectivity index (χ1n) is 9.31. The number of aryl methyl sites for hydroxylation is 1. The molecule has 1 rings (SSSR count). The molecule has 0 saturated carbocycles. The highest BCUT2D eigenvalue weighted by atomic mass is 19.4. The normalized spacial score (nSPS) is 14.4. The minimum atomic E-state index is -4.41. The molecular formula is C20H32F3NO. The zero-order valence-electron chi connectivity index (χ0n) is 15.7. The highest BCUT2D eigenvalue weighted by Gasteiger charge is 2.34. The van der Waals surface area contributed by atoms with Crippen molar-refractivity contribution in [2.75, 3.05) is 6.61 Å². The van der Waals surface area contributed by atoms with E-state index in [-0.39, 0.29) is 11.3 Å². The van der Waals surface area contributed by atoms with Crippen LogP contribution in [-0.2, 0) is 12.6 Å². The summed E-state index contributed by atoms with van der Waals surface area (Å²) in [5.74, 6) is -0.0715. The predicted octanol–water partition coefficient (Wildman–Crippen LogP) is 6.11. The fourth-order valence-electron chi connectivity index (χ4n) is 2.57. The second-order valence-corrected chi connectivity index (χ2v) is 7.10. The number of alkyl halides is 3. The number of rotatable bonds is 11. The van der Waals surface area contributed by atoms with Crippen LogP contribution in [0.25, 0.3) is 0 Å². The van der Waals surface area contributed by atoms with Crippen molar-refractivity contribution in [3.05, 3.63) is 29.3 Å². The third-order valence-electron chi connectivity index (χ3n) is 4.65. The van der Waals surface area contributed by atoms with Crippen molar-refractivity contribution in [3.8, 4) is 5.75 Å². The van der Waals surface area contributed by atoms with Gasteiger partial charge in [0.15, 0.2) is 0 Å². The van der Waals surface area contributed by atoms with Gasteiger partial charge in [0.1, 0.15) is 5.75 Å². The first kappa shape index (κ1) is 21.8. The Balaban J connectivity index is 2.72. The summed E-state index contributed by atoms with van der Waals surface area (Å²) in [4.78, 5) is 0. The van der Waals surface area contributed by atoms with E-state index in [1.807, 2.05) is 13.8 Å². The van der Waals surface area contributed by atoms with Crippen LogP contribution in [0.1, 0.15) is 76.8 Å². The van der Waals surface area contributed by atoms with Crippen molar-refractivity contribution in [3.63, 3.8) is 0 Å². The molecule has 0 aliphatic rings. The Morgan fingerprint density at radius 2 is 1.72 bits per heavy atom. The van der Waals surface area contributed by atoms with Crippen LogP contribution in [0.3, 0.4) is 0 Å². The van der Waals surface area contributed by atoms with Crippen LogP contribution >= 0.6 is 0 Å². The lowest BCUT2D eigenvalue weighted by atomic mass is 9.91. The van der Waals surface area contributed by atoms with Gasteiger partial charge in [-0.1, -0.05) is 45.6 Å². The van der Waals surface area contributed by atoms with Crippen molar-refractivity contribution < 1.29 is 17.9 Å². The summed E-state index contributed by atoms with van der Waals surface area (Å²) in [7, 11) is 0. The van der Waals surface area contributed by atoms with E-state index in [9.17, 15) is 13.2 Å². The molecule has 0 fully saturated rings. The van der Waals surface area contributed by atoms with Crippen LogP contribution in [0.5, 0.6) is 5.75 Å². The van der Waals surface area contributed by atoms with Crippen LogP contribution in [0.15, 0.2) is 18.2 Å². The lowest BCUT2D eigenvalue weighted by molar-refractivity contribution is -0.139. The van der Waals surface area contributed by atoms with Gasteiger partial charge in [-0.05, 0) is 50.3 Å². The summed E-state index contributed by atoms with van der Waals surface area (Å²) in [6.07, 6.45) is 2.71. The van der Waals surface area contributed by atoms with Gasteiger partial charge < -0.3 is 10.5 Å². The molecule has 0 aromatic heterocycles. The van der Waals surface area contributed by atoms with E-state index in [1.165, 1.54) is 12.1 Å². The number of unbranched alkanes of at least 4 members (excludes halogenated alkanes) is 4. The molecule has 1 aromatic carbocycles. The highest BCUT2D eigenvalue weighted by Crippen LogP contribution is 2.37. The van der Waals surface area contributed by atoms with Crippen molar-refractivity contribution in [2.24, 2.45) is 5.73 Å². The topological polar surface area (TPSA) is 35.2 Å². The third kappa shape index (κ3) is 8.13. The number of halogens is 3. The van der Waals surface area contributed by atoms with E-state index in [2.05, 4.69) is 6.92 Å². The van der Waals surface area contributed by atoms with E-state index in [4.69, 9.17) is 10.5 Å². The van der Waals surface area contributed by atoms with Crippen molar-refractivity contribution in [2.45, 2.75) is 83.9 Å². The van der Waals surface area contributed by atoms with Crippen molar-refractivity contribution >= 4 is 0 Å². The number of hydrogen-bond donors (Lipinski definition) is 1. The molecule has 0 heterocycles. The number of benzene rings is 1. The SMILES string of the molecule is CCCCCCCOc1ccc(CCC(C)(N)CC)cc1C(F)(F)F. The Morgan fingerprint density at radius 3 is 2.32 bits per heavy atom. The molecule has 1 aromatic rings. The third-order valence-corrected chi connectivity index (χ3v) is 4.65. The molecule has 5 heteroatoms. The van der Waals surface area contributed by atoms with Gasteiger partial charge in [0.2, 0.25) is 0 Å². The molecule has 0 aliphatic heterocycles. The van der Waals surface area contributed by atoms with Gasteiger partial charge in [0.05, 0.1) is 12.2 Å². The lowest BCUT2D eigenvalue weighted by Gasteiger charge is -2.23. The maximum Gasteiger partial charge on any atom is 0.419 e. The molecular weight excluding hydrogens is 327 g/mol. The van der Waals surface area contributed by atoms with Gasteiger partial charge in [-0.2, -0.15) is 13.2 Å². The number of nitrogens with two attached hydrogens (primary N) is 1. The second kappa shape index (κ2) is 10.0. The fourth-order valence-corrected chi connectivity index (χ4v) is 2.57. The molecule has 1 unspecified atom stereocenters. The Morgan fingerprint density at radius 1 is 1.04 bits per heavy atom. The molecule has 0 spiro atoms. The monoisotopic (exact) mass is 359 g/mol. The predicted molar refractivity (Wildman–Crippen MR) is 96.9 cm³/mol. The molecule has 0 bridgehead atoms. The summed E-state index contributed by atoms with van der Waals surface area (Å²) in [5, 5.41) is 0. The summed E-state index contributed by atoms with van der Waals surface area (Å²) in [5.41, 5.74) is 5.69. The minimum absolute atomic E-state index is 0.0715. The van der Waals surface area contributed by atoms with Gasteiger partial charge in [-0.25, -0.2) is 0 Å². The van der Waals surface area contributed by atoms with Crippen LogP contribution < -0.4 is 10.5 Å². The smallest absolute Gasteiger partial charge is 0.419 e. The summed E-state index contributed by atoms with van der Waals surface area (Å²) >= 11 is 0. The molecule has 144 valence electrons. The fraction of sp³-hybridized carbons (Fsp3) is 0.700. The van der Waals surface area contributed by atoms with Gasteiger partial charge in [0.25, 0.3) is 0 Å². The first-order valence-corrected chi connectivity index (χ1v) is 9.31. The highest BCUT2D eigenvalue weighted by molar-refractivity contribution is 5.39. The first-order chi connectivity index (χ1) is 11.7. The summed E-state index contributed by atoms with van der Waals surface area (Å²) in [6.45, 7) is 6.36. The molecule has 25 heavy (non-hydrogen) atoms. The van der Waals surface area contributed by atoms with Crippen LogP contribution in [0, 0.1) is 0 Å². The van der Waals surface area contributed by atoms with Crippen molar-refractivity contribution in [1.29, 1.82) is 0 Å². The average molecular weight is 359 g/mol. The van der Waals surface area contributed by atoms with Crippen LogP contribution in [0.4, 0.5) is 13.2 Å². The van der Waals surface area contributed by atoms with Gasteiger partial charge in [0, 0.05) is 5.54 Å². The standard InChI is InChI=1S/C20H32F3NO/c1-4-6-7-8-9-14-25-18-11-10-16(12-13-19(3,24)5-2)15-17(18)20(21,22)23/h10-11,15H,4-9,12-14,24H2,1-3H3. The molecule has 2 nitrogen and oxygen atoms in total. The van der Waals surface area contributed by atoms with E-state index in [1.54, 1.807) is 6.07 Å². The van der Waals surface area contributed by atoms with Gasteiger partial charge in [-0.15, -0.1) is 0 Å². The molecule has 1 atom stereocenters. The van der Waals surface area contributed by atoms with Crippen LogP contribution in [-0.4, -0.2) is 12.1 Å². The Bertz CT molecular complexity index is 512. The zero-order valence-corrected chi connectivity index (χ0v) is 15.7. The van der Waals surface area contributed by atoms with Crippen molar-refractivity contribution in [1.82, 2.24) is 0 Å². The molecule has 0 aliphatic carbocycles. The van der Waals surface area contributed by atoms with E-state index in [0.29, 0.717) is 25.0 Å². The average Bonchev–Trinajstić information content (AvgIpc) is 2.56.